The Bertz CT molecular complexity index is 454. The fourth-order valence-electron chi connectivity index (χ4n) is 1.51. The summed E-state index contributed by atoms with van der Waals surface area (Å²) in [5.41, 5.74) is 0.176. The van der Waals surface area contributed by atoms with Crippen LogP contribution in [0.15, 0.2) is 24.3 Å². The molecule has 0 spiro atoms. The van der Waals surface area contributed by atoms with Crippen LogP contribution < -0.4 is 10.1 Å². The Morgan fingerprint density at radius 2 is 2.17 bits per heavy atom. The van der Waals surface area contributed by atoms with Gasteiger partial charge in [0.25, 0.3) is 0 Å². The molecule has 5 nitrogen and oxygen atoms in total. The quantitative estimate of drug-likeness (QED) is 0.799. The predicted molar refractivity (Wildman–Crippen MR) is 64.7 cm³/mol. The van der Waals surface area contributed by atoms with Crippen LogP contribution in [0.3, 0.4) is 0 Å². The Hall–Kier alpha value is -2.04. The zero-order valence-electron chi connectivity index (χ0n) is 9.89. The van der Waals surface area contributed by atoms with Crippen molar-refractivity contribution in [2.24, 2.45) is 0 Å². The van der Waals surface area contributed by atoms with E-state index >= 15 is 0 Å². The highest BCUT2D eigenvalue weighted by molar-refractivity contribution is 5.88. The fourth-order valence-corrected chi connectivity index (χ4v) is 1.51. The molecule has 0 aromatic heterocycles. The van der Waals surface area contributed by atoms with Gasteiger partial charge in [0, 0.05) is 6.04 Å². The Labute approximate surface area is 105 Å². The number of hydrogen-bond donors (Lipinski definition) is 2. The summed E-state index contributed by atoms with van der Waals surface area (Å²) in [6, 6.07) is 6.58. The van der Waals surface area contributed by atoms with Crippen molar-refractivity contribution in [3.63, 3.8) is 0 Å². The predicted octanol–water partition coefficient (Wildman–Crippen LogP) is 1.43. The van der Waals surface area contributed by atoms with Crippen LogP contribution in [0.5, 0.6) is 5.75 Å². The van der Waals surface area contributed by atoms with Crippen molar-refractivity contribution in [3.05, 3.63) is 29.8 Å². The molecule has 0 bridgehead atoms. The van der Waals surface area contributed by atoms with Gasteiger partial charge in [-0.25, -0.2) is 4.79 Å². The molecule has 0 saturated heterocycles. The molecule has 1 aliphatic carbocycles. The van der Waals surface area contributed by atoms with Gasteiger partial charge in [0.2, 0.25) is 5.91 Å². The van der Waals surface area contributed by atoms with Crippen LogP contribution in [0.1, 0.15) is 29.6 Å². The van der Waals surface area contributed by atoms with Gasteiger partial charge in [0.1, 0.15) is 5.75 Å². The molecule has 0 atom stereocenters. The third kappa shape index (κ3) is 3.76. The van der Waals surface area contributed by atoms with Crippen molar-refractivity contribution in [1.82, 2.24) is 5.32 Å². The lowest BCUT2D eigenvalue weighted by molar-refractivity contribution is -0.121. The van der Waals surface area contributed by atoms with E-state index in [9.17, 15) is 9.59 Å². The van der Waals surface area contributed by atoms with Gasteiger partial charge in [0.15, 0.2) is 0 Å². The molecule has 1 aromatic rings. The minimum atomic E-state index is -0.994. The monoisotopic (exact) mass is 249 g/mol. The first-order chi connectivity index (χ1) is 8.65. The van der Waals surface area contributed by atoms with Crippen molar-refractivity contribution >= 4 is 11.9 Å². The average Bonchev–Trinajstić information content (AvgIpc) is 3.13. The second kappa shape index (κ2) is 5.53. The standard InChI is InChI=1S/C13H15NO4/c15-12(14-10-4-5-10)6-7-18-11-3-1-2-9(8-11)13(16)17/h1-3,8,10H,4-7H2,(H,14,15)(H,16,17). The summed E-state index contributed by atoms with van der Waals surface area (Å²) in [7, 11) is 0. The molecule has 1 fully saturated rings. The molecular weight excluding hydrogens is 234 g/mol. The zero-order valence-corrected chi connectivity index (χ0v) is 9.89. The fraction of sp³-hybridized carbons (Fsp3) is 0.385. The lowest BCUT2D eigenvalue weighted by Gasteiger charge is -2.07. The van der Waals surface area contributed by atoms with E-state index in [4.69, 9.17) is 9.84 Å². The van der Waals surface area contributed by atoms with Crippen molar-refractivity contribution < 1.29 is 19.4 Å². The Kier molecular flexibility index (Phi) is 3.82. The first-order valence-electron chi connectivity index (χ1n) is 5.90. The summed E-state index contributed by atoms with van der Waals surface area (Å²) < 4.78 is 5.35. The summed E-state index contributed by atoms with van der Waals surface area (Å²) in [5.74, 6) is -0.548. The van der Waals surface area contributed by atoms with Gasteiger partial charge in [-0.05, 0) is 31.0 Å². The van der Waals surface area contributed by atoms with Crippen LogP contribution >= 0.6 is 0 Å². The van der Waals surface area contributed by atoms with Crippen LogP contribution in [0, 0.1) is 0 Å². The number of carbonyl (C=O) groups excluding carboxylic acids is 1. The second-order valence-corrected chi connectivity index (χ2v) is 4.27. The molecule has 18 heavy (non-hydrogen) atoms. The Balaban J connectivity index is 1.76. The number of hydrogen-bond acceptors (Lipinski definition) is 3. The van der Waals surface area contributed by atoms with E-state index in [1.165, 1.54) is 12.1 Å². The van der Waals surface area contributed by atoms with Crippen LogP contribution in [-0.4, -0.2) is 29.6 Å². The third-order valence-corrected chi connectivity index (χ3v) is 2.62. The van der Waals surface area contributed by atoms with Crippen molar-refractivity contribution in [2.45, 2.75) is 25.3 Å². The molecule has 1 aliphatic rings. The van der Waals surface area contributed by atoms with Gasteiger partial charge in [-0.1, -0.05) is 6.07 Å². The minimum absolute atomic E-state index is 0.0214. The van der Waals surface area contributed by atoms with Crippen molar-refractivity contribution in [1.29, 1.82) is 0 Å². The lowest BCUT2D eigenvalue weighted by Crippen LogP contribution is -2.26. The Morgan fingerprint density at radius 1 is 1.39 bits per heavy atom. The molecule has 0 heterocycles. The largest absolute Gasteiger partial charge is 0.493 e. The van der Waals surface area contributed by atoms with Gasteiger partial charge in [-0.2, -0.15) is 0 Å². The van der Waals surface area contributed by atoms with Gasteiger partial charge in [0.05, 0.1) is 18.6 Å². The van der Waals surface area contributed by atoms with Gasteiger partial charge < -0.3 is 15.2 Å². The lowest BCUT2D eigenvalue weighted by atomic mass is 10.2. The maximum absolute atomic E-state index is 11.4. The highest BCUT2D eigenvalue weighted by Crippen LogP contribution is 2.18. The molecule has 0 unspecified atom stereocenters. The topological polar surface area (TPSA) is 75.6 Å². The molecule has 96 valence electrons. The van der Waals surface area contributed by atoms with Crippen LogP contribution in [0.4, 0.5) is 0 Å². The average molecular weight is 249 g/mol. The maximum atomic E-state index is 11.4. The summed E-state index contributed by atoms with van der Waals surface area (Å²) in [6.07, 6.45) is 2.41. The number of amides is 1. The second-order valence-electron chi connectivity index (χ2n) is 4.27. The van der Waals surface area contributed by atoms with Crippen LogP contribution in [-0.2, 0) is 4.79 Å². The van der Waals surface area contributed by atoms with E-state index in [1.54, 1.807) is 12.1 Å². The molecular formula is C13H15NO4. The highest BCUT2D eigenvalue weighted by Gasteiger charge is 2.22. The molecule has 1 aromatic carbocycles. The molecule has 0 aliphatic heterocycles. The SMILES string of the molecule is O=C(CCOc1cccc(C(=O)O)c1)NC1CC1. The van der Waals surface area contributed by atoms with E-state index in [0.29, 0.717) is 11.8 Å². The zero-order chi connectivity index (χ0) is 13.0. The summed E-state index contributed by atoms with van der Waals surface area (Å²) in [4.78, 5) is 22.1. The van der Waals surface area contributed by atoms with Crippen molar-refractivity contribution in [2.75, 3.05) is 6.61 Å². The summed E-state index contributed by atoms with van der Waals surface area (Å²) >= 11 is 0. The highest BCUT2D eigenvalue weighted by atomic mass is 16.5. The molecule has 2 N–H and O–H groups in total. The minimum Gasteiger partial charge on any atom is -0.493 e. The number of carbonyl (C=O) groups is 2. The normalized spacial score (nSPS) is 14.0. The summed E-state index contributed by atoms with van der Waals surface area (Å²) in [6.45, 7) is 0.252. The molecule has 1 amide bonds. The van der Waals surface area contributed by atoms with E-state index in [2.05, 4.69) is 5.32 Å². The number of carboxylic acid groups (broad SMARTS) is 1. The van der Waals surface area contributed by atoms with Gasteiger partial charge in [-0.3, -0.25) is 4.79 Å². The number of ether oxygens (including phenoxy) is 1. The number of carboxylic acids is 1. The van der Waals surface area contributed by atoms with E-state index in [-0.39, 0.29) is 24.5 Å². The first-order valence-corrected chi connectivity index (χ1v) is 5.90. The molecule has 5 heteroatoms. The summed E-state index contributed by atoms with van der Waals surface area (Å²) in [5, 5.41) is 11.7. The van der Waals surface area contributed by atoms with Crippen LogP contribution in [0.2, 0.25) is 0 Å². The Morgan fingerprint density at radius 3 is 2.83 bits per heavy atom. The first kappa shape index (κ1) is 12.4. The number of aromatic carboxylic acids is 1. The van der Waals surface area contributed by atoms with Gasteiger partial charge in [-0.15, -0.1) is 0 Å². The molecule has 1 saturated carbocycles. The third-order valence-electron chi connectivity index (χ3n) is 2.62. The maximum Gasteiger partial charge on any atom is 0.335 e. The number of rotatable bonds is 6. The number of nitrogens with one attached hydrogen (secondary N) is 1. The van der Waals surface area contributed by atoms with E-state index in [0.717, 1.165) is 12.8 Å². The van der Waals surface area contributed by atoms with Crippen molar-refractivity contribution in [3.8, 4) is 5.75 Å². The van der Waals surface area contributed by atoms with Crippen LogP contribution in [0.25, 0.3) is 0 Å². The smallest absolute Gasteiger partial charge is 0.335 e. The van der Waals surface area contributed by atoms with Gasteiger partial charge >= 0.3 is 5.97 Å². The molecule has 0 radical (unpaired) electrons. The van der Waals surface area contributed by atoms with E-state index < -0.39 is 5.97 Å². The molecule has 2 rings (SSSR count). The number of benzene rings is 1. The van der Waals surface area contributed by atoms with E-state index in [1.807, 2.05) is 0 Å².